The van der Waals surface area contributed by atoms with Crippen LogP contribution in [0.15, 0.2) is 18.2 Å². The van der Waals surface area contributed by atoms with Crippen molar-refractivity contribution in [3.63, 3.8) is 0 Å². The van der Waals surface area contributed by atoms with Gasteiger partial charge in [0.25, 0.3) is 0 Å². The molecule has 0 aliphatic carbocycles. The van der Waals surface area contributed by atoms with Gasteiger partial charge in [-0.1, -0.05) is 31.5 Å². The van der Waals surface area contributed by atoms with Crippen LogP contribution in [0.3, 0.4) is 0 Å². The van der Waals surface area contributed by atoms with E-state index in [1.807, 2.05) is 0 Å². The normalized spacial score (nSPS) is 15.5. The molecule has 1 fully saturated rings. The Hall–Kier alpha value is -0.950. The van der Waals surface area contributed by atoms with Gasteiger partial charge in [0.05, 0.1) is 0 Å². The van der Waals surface area contributed by atoms with Gasteiger partial charge in [-0.2, -0.15) is 0 Å². The lowest BCUT2D eigenvalue weighted by atomic mass is 10.2. The van der Waals surface area contributed by atoms with E-state index in [-0.39, 0.29) is 5.82 Å². The first-order chi connectivity index (χ1) is 12.5. The van der Waals surface area contributed by atoms with Gasteiger partial charge in [-0.25, -0.2) is 4.39 Å². The highest BCUT2D eigenvalue weighted by Gasteiger charge is 2.19. The lowest BCUT2D eigenvalue weighted by Crippen LogP contribution is -2.51. The van der Waals surface area contributed by atoms with Gasteiger partial charge in [-0.15, -0.1) is 0 Å². The van der Waals surface area contributed by atoms with Gasteiger partial charge in [-0.3, -0.25) is 4.90 Å². The van der Waals surface area contributed by atoms with Gasteiger partial charge in [0.1, 0.15) is 5.82 Å². The number of thiocarbonyl (C=S) groups is 1. The number of benzene rings is 1. The van der Waals surface area contributed by atoms with Gasteiger partial charge in [0, 0.05) is 44.3 Å². The van der Waals surface area contributed by atoms with Gasteiger partial charge in [-0.05, 0) is 56.0 Å². The number of hydrogen-bond acceptors (Lipinski definition) is 3. The van der Waals surface area contributed by atoms with Crippen LogP contribution in [0.5, 0.6) is 0 Å². The average Bonchev–Trinajstić information content (AvgIpc) is 2.64. The van der Waals surface area contributed by atoms with Crippen molar-refractivity contribution in [2.75, 3.05) is 52.4 Å². The number of nitrogens with one attached hydrogen (secondary N) is 1. The molecule has 2 rings (SSSR count). The van der Waals surface area contributed by atoms with Crippen LogP contribution in [0.2, 0.25) is 5.02 Å². The Morgan fingerprint density at radius 2 is 1.92 bits per heavy atom. The van der Waals surface area contributed by atoms with Crippen LogP contribution >= 0.6 is 23.8 Å². The zero-order valence-electron chi connectivity index (χ0n) is 15.8. The van der Waals surface area contributed by atoms with Gasteiger partial charge in [0.2, 0.25) is 0 Å². The first-order valence-electron chi connectivity index (χ1n) is 9.44. The summed E-state index contributed by atoms with van der Waals surface area (Å²) in [5, 5.41) is 4.73. The highest BCUT2D eigenvalue weighted by molar-refractivity contribution is 7.80. The minimum absolute atomic E-state index is 0.291. The first-order valence-corrected chi connectivity index (χ1v) is 10.2. The molecule has 0 spiro atoms. The quantitative estimate of drug-likeness (QED) is 0.533. The molecule has 4 nitrogen and oxygen atoms in total. The predicted octanol–water partition coefficient (Wildman–Crippen LogP) is 3.20. The summed E-state index contributed by atoms with van der Waals surface area (Å²) in [4.78, 5) is 6.98. The van der Waals surface area contributed by atoms with Crippen molar-refractivity contribution in [1.29, 1.82) is 0 Å². The van der Waals surface area contributed by atoms with E-state index in [1.165, 1.54) is 12.1 Å². The molecule has 0 aromatic heterocycles. The van der Waals surface area contributed by atoms with Gasteiger partial charge >= 0.3 is 0 Å². The zero-order valence-corrected chi connectivity index (χ0v) is 17.4. The third-order valence-corrected chi connectivity index (χ3v) is 5.64. The number of halogens is 2. The first kappa shape index (κ1) is 21.4. The molecule has 0 bridgehead atoms. The molecule has 1 aliphatic heterocycles. The van der Waals surface area contributed by atoms with Crippen LogP contribution in [0.25, 0.3) is 0 Å². The van der Waals surface area contributed by atoms with E-state index in [0.717, 1.165) is 76.0 Å². The van der Waals surface area contributed by atoms with E-state index < -0.39 is 0 Å². The fourth-order valence-corrected chi connectivity index (χ4v) is 3.66. The molecule has 7 heteroatoms. The molecule has 0 atom stereocenters. The van der Waals surface area contributed by atoms with E-state index >= 15 is 0 Å². The molecule has 26 heavy (non-hydrogen) atoms. The zero-order chi connectivity index (χ0) is 18.9. The Morgan fingerprint density at radius 1 is 1.23 bits per heavy atom. The smallest absolute Gasteiger partial charge is 0.169 e. The highest BCUT2D eigenvalue weighted by Crippen LogP contribution is 2.19. The summed E-state index contributed by atoms with van der Waals surface area (Å²) in [5.41, 5.74) is 0.971. The van der Waals surface area contributed by atoms with Crippen LogP contribution < -0.4 is 5.32 Å². The van der Waals surface area contributed by atoms with Crippen LogP contribution in [0.1, 0.15) is 25.8 Å². The van der Waals surface area contributed by atoms with E-state index in [2.05, 4.69) is 33.9 Å². The SMILES string of the molecule is CCN(CC)CCCNC(=S)N1CCN(Cc2ccc(F)cc2Cl)CC1. The van der Waals surface area contributed by atoms with E-state index in [4.69, 9.17) is 23.8 Å². The second-order valence-electron chi connectivity index (χ2n) is 6.61. The summed E-state index contributed by atoms with van der Waals surface area (Å²) in [5.74, 6) is -0.291. The van der Waals surface area contributed by atoms with Crippen LogP contribution in [-0.2, 0) is 6.54 Å². The molecule has 0 unspecified atom stereocenters. The number of piperazine rings is 1. The molecule has 1 N–H and O–H groups in total. The van der Waals surface area contributed by atoms with Crippen LogP contribution in [-0.4, -0.2) is 72.2 Å². The number of hydrogen-bond donors (Lipinski definition) is 1. The standard InChI is InChI=1S/C19H30ClFN4S/c1-3-23(4-2)9-5-8-22-19(26)25-12-10-24(11-13-25)15-16-6-7-17(21)14-18(16)20/h6-7,14H,3-5,8-13,15H2,1-2H3,(H,22,26). The molecule has 0 amide bonds. The molecule has 0 radical (unpaired) electrons. The van der Waals surface area contributed by atoms with Crippen molar-refractivity contribution in [3.8, 4) is 0 Å². The third-order valence-electron chi connectivity index (χ3n) is 4.89. The van der Waals surface area contributed by atoms with Crippen molar-refractivity contribution < 1.29 is 4.39 Å². The second kappa shape index (κ2) is 11.0. The van der Waals surface area contributed by atoms with Crippen molar-refractivity contribution in [2.24, 2.45) is 0 Å². The molecule has 1 aliphatic rings. The maximum absolute atomic E-state index is 13.1. The Bertz CT molecular complexity index is 575. The lowest BCUT2D eigenvalue weighted by molar-refractivity contribution is 0.174. The lowest BCUT2D eigenvalue weighted by Gasteiger charge is -2.36. The third kappa shape index (κ3) is 6.65. The molecule has 1 aromatic carbocycles. The Kier molecular flexibility index (Phi) is 9.05. The summed E-state index contributed by atoms with van der Waals surface area (Å²) in [7, 11) is 0. The Labute approximate surface area is 167 Å². The van der Waals surface area contributed by atoms with Crippen molar-refractivity contribution in [2.45, 2.75) is 26.8 Å². The molecule has 0 saturated carbocycles. The number of rotatable bonds is 8. The predicted molar refractivity (Wildman–Crippen MR) is 111 cm³/mol. The molecule has 146 valence electrons. The minimum atomic E-state index is -0.291. The molecule has 1 heterocycles. The van der Waals surface area contributed by atoms with Crippen LogP contribution in [0, 0.1) is 5.82 Å². The minimum Gasteiger partial charge on any atom is -0.363 e. The Balaban J connectivity index is 1.68. The highest BCUT2D eigenvalue weighted by atomic mass is 35.5. The summed E-state index contributed by atoms with van der Waals surface area (Å²) in [6, 6.07) is 4.62. The van der Waals surface area contributed by atoms with Gasteiger partial charge < -0.3 is 15.1 Å². The van der Waals surface area contributed by atoms with Gasteiger partial charge in [0.15, 0.2) is 5.11 Å². The van der Waals surface area contributed by atoms with Crippen molar-refractivity contribution in [3.05, 3.63) is 34.6 Å². The van der Waals surface area contributed by atoms with Crippen molar-refractivity contribution >= 4 is 28.9 Å². The summed E-state index contributed by atoms with van der Waals surface area (Å²) in [6.45, 7) is 13.0. The van der Waals surface area contributed by atoms with E-state index in [0.29, 0.717) is 5.02 Å². The monoisotopic (exact) mass is 400 g/mol. The molecular weight excluding hydrogens is 371 g/mol. The average molecular weight is 401 g/mol. The second-order valence-corrected chi connectivity index (χ2v) is 7.41. The van der Waals surface area contributed by atoms with E-state index in [1.54, 1.807) is 6.07 Å². The Morgan fingerprint density at radius 3 is 2.54 bits per heavy atom. The summed E-state index contributed by atoms with van der Waals surface area (Å²) >= 11 is 11.7. The van der Waals surface area contributed by atoms with Crippen LogP contribution in [0.4, 0.5) is 4.39 Å². The molecule has 1 saturated heterocycles. The summed E-state index contributed by atoms with van der Waals surface area (Å²) in [6.07, 6.45) is 1.10. The maximum Gasteiger partial charge on any atom is 0.169 e. The molecule has 1 aromatic rings. The topological polar surface area (TPSA) is 21.8 Å². The fourth-order valence-electron chi connectivity index (χ4n) is 3.15. The number of nitrogens with zero attached hydrogens (tertiary/aromatic N) is 3. The fraction of sp³-hybridized carbons (Fsp3) is 0.632. The van der Waals surface area contributed by atoms with E-state index in [9.17, 15) is 4.39 Å². The largest absolute Gasteiger partial charge is 0.363 e. The van der Waals surface area contributed by atoms with Crippen molar-refractivity contribution in [1.82, 2.24) is 20.0 Å². The maximum atomic E-state index is 13.1. The molecular formula is C19H30ClFN4S. The summed E-state index contributed by atoms with van der Waals surface area (Å²) < 4.78 is 13.1.